The molecule has 2 heterocycles. The minimum absolute atomic E-state index is 0.322. The van der Waals surface area contributed by atoms with E-state index in [1.54, 1.807) is 0 Å². The predicted octanol–water partition coefficient (Wildman–Crippen LogP) is 11.7. The van der Waals surface area contributed by atoms with Crippen LogP contribution in [0.2, 0.25) is 0 Å². The summed E-state index contributed by atoms with van der Waals surface area (Å²) in [7, 11) is 0. The lowest BCUT2D eigenvalue weighted by Crippen LogP contribution is -2.04. The first-order chi connectivity index (χ1) is 22.1. The fourth-order valence-electron chi connectivity index (χ4n) is 6.85. The van der Waals surface area contributed by atoms with Crippen molar-refractivity contribution in [3.63, 3.8) is 0 Å². The molecule has 7 aromatic carbocycles. The van der Waals surface area contributed by atoms with Crippen LogP contribution in [0, 0.1) is 0 Å². The summed E-state index contributed by atoms with van der Waals surface area (Å²) in [5, 5.41) is 7.08. The van der Waals surface area contributed by atoms with Gasteiger partial charge >= 0.3 is 0 Å². The van der Waals surface area contributed by atoms with Crippen LogP contribution in [0.5, 0.6) is 0 Å². The van der Waals surface area contributed by atoms with E-state index in [0.29, 0.717) is 5.92 Å². The maximum atomic E-state index is 6.42. The van der Waals surface area contributed by atoms with Crippen LogP contribution in [0.15, 0.2) is 144 Å². The molecule has 0 aliphatic carbocycles. The van der Waals surface area contributed by atoms with Gasteiger partial charge in [-0.1, -0.05) is 86.6 Å². The van der Waals surface area contributed by atoms with Crippen LogP contribution < -0.4 is 0 Å². The molecule has 0 spiro atoms. The van der Waals surface area contributed by atoms with Gasteiger partial charge in [-0.2, -0.15) is 0 Å². The van der Waals surface area contributed by atoms with Crippen molar-refractivity contribution < 1.29 is 4.42 Å². The summed E-state index contributed by atoms with van der Waals surface area (Å²) < 4.78 is 8.75. The Hall–Kier alpha value is -5.67. The molecule has 0 radical (unpaired) electrons. The van der Waals surface area contributed by atoms with Gasteiger partial charge in [0, 0.05) is 16.3 Å². The summed E-state index contributed by atoms with van der Waals surface area (Å²) in [5.41, 5.74) is 9.80. The van der Waals surface area contributed by atoms with Gasteiger partial charge in [-0.05, 0) is 111 Å². The maximum absolute atomic E-state index is 6.42. The molecule has 9 rings (SSSR count). The Kier molecular flexibility index (Phi) is 5.69. The molecule has 0 saturated heterocycles. The van der Waals surface area contributed by atoms with Gasteiger partial charge in [0.05, 0.1) is 16.7 Å². The summed E-state index contributed by atoms with van der Waals surface area (Å²) in [6.45, 7) is 4.53. The van der Waals surface area contributed by atoms with Crippen LogP contribution in [0.25, 0.3) is 82.7 Å². The third-order valence-electron chi connectivity index (χ3n) is 9.11. The highest BCUT2D eigenvalue weighted by Crippen LogP contribution is 2.39. The average Bonchev–Trinajstić information content (AvgIpc) is 3.64. The van der Waals surface area contributed by atoms with E-state index in [9.17, 15) is 0 Å². The molecule has 2 aromatic heterocycles. The molecule has 0 aliphatic heterocycles. The van der Waals surface area contributed by atoms with Crippen molar-refractivity contribution in [2.75, 3.05) is 0 Å². The number of imidazole rings is 1. The number of aromatic nitrogens is 2. The first-order valence-electron chi connectivity index (χ1n) is 15.6. The van der Waals surface area contributed by atoms with Gasteiger partial charge in [0.2, 0.25) is 0 Å². The van der Waals surface area contributed by atoms with E-state index >= 15 is 0 Å². The number of rotatable bonds is 4. The molecule has 214 valence electrons. The Morgan fingerprint density at radius 1 is 0.533 bits per heavy atom. The molecule has 45 heavy (non-hydrogen) atoms. The molecule has 0 unspecified atom stereocenters. The molecule has 9 aromatic rings. The summed E-state index contributed by atoms with van der Waals surface area (Å²) in [4.78, 5) is 5.23. The topological polar surface area (TPSA) is 31.0 Å². The van der Waals surface area contributed by atoms with Gasteiger partial charge in [0.25, 0.3) is 0 Å². The number of para-hydroxylation sites is 2. The maximum Gasteiger partial charge on any atom is 0.145 e. The molecule has 0 bridgehead atoms. The van der Waals surface area contributed by atoms with Gasteiger partial charge in [-0.15, -0.1) is 0 Å². The lowest BCUT2D eigenvalue weighted by Gasteiger charge is -2.18. The zero-order valence-electron chi connectivity index (χ0n) is 25.2. The van der Waals surface area contributed by atoms with E-state index in [0.717, 1.165) is 50.0 Å². The molecule has 0 saturated carbocycles. The number of hydrogen-bond donors (Lipinski definition) is 0. The average molecular weight is 579 g/mol. The van der Waals surface area contributed by atoms with E-state index in [-0.39, 0.29) is 0 Å². The second kappa shape index (κ2) is 9.93. The summed E-state index contributed by atoms with van der Waals surface area (Å²) in [6.07, 6.45) is 0. The van der Waals surface area contributed by atoms with Crippen LogP contribution in [-0.2, 0) is 0 Å². The first-order valence-corrected chi connectivity index (χ1v) is 15.6. The highest BCUT2D eigenvalue weighted by Gasteiger charge is 2.20. The van der Waals surface area contributed by atoms with Crippen LogP contribution >= 0.6 is 0 Å². The molecule has 0 fully saturated rings. The summed E-state index contributed by atoms with van der Waals surface area (Å²) in [5.74, 6) is 1.25. The highest BCUT2D eigenvalue weighted by molar-refractivity contribution is 6.12. The van der Waals surface area contributed by atoms with E-state index < -0.39 is 0 Å². The van der Waals surface area contributed by atoms with Crippen molar-refractivity contribution in [2.24, 2.45) is 0 Å². The van der Waals surface area contributed by atoms with Gasteiger partial charge in [0.1, 0.15) is 17.0 Å². The van der Waals surface area contributed by atoms with Gasteiger partial charge in [-0.3, -0.25) is 4.57 Å². The van der Waals surface area contributed by atoms with Crippen LogP contribution in [0.4, 0.5) is 0 Å². The van der Waals surface area contributed by atoms with Crippen molar-refractivity contribution in [3.8, 4) is 28.2 Å². The van der Waals surface area contributed by atoms with E-state index in [2.05, 4.69) is 158 Å². The number of hydrogen-bond acceptors (Lipinski definition) is 2. The minimum atomic E-state index is 0.322. The molecule has 0 N–H and O–H groups in total. The lowest BCUT2D eigenvalue weighted by atomic mass is 9.95. The number of benzene rings is 7. The first kappa shape index (κ1) is 25.8. The second-order valence-corrected chi connectivity index (χ2v) is 12.3. The van der Waals surface area contributed by atoms with Crippen molar-refractivity contribution in [1.29, 1.82) is 0 Å². The number of fused-ring (bicyclic) bond motifs is 6. The summed E-state index contributed by atoms with van der Waals surface area (Å²) >= 11 is 0. The van der Waals surface area contributed by atoms with Crippen LogP contribution in [0.3, 0.4) is 0 Å². The predicted molar refractivity (Wildman–Crippen MR) is 188 cm³/mol. The molecule has 0 amide bonds. The van der Waals surface area contributed by atoms with Crippen LogP contribution in [-0.4, -0.2) is 9.55 Å². The zero-order valence-corrected chi connectivity index (χ0v) is 25.2. The molecule has 3 nitrogen and oxygen atoms in total. The SMILES string of the molecule is CC(C)c1cc(-c2ccccc2)ccc1-n1c(-c2ccc3oc4cc5cc6ccccc6cc5cc4c3c2)nc2ccccc21. The Labute approximate surface area is 261 Å². The van der Waals surface area contributed by atoms with Crippen molar-refractivity contribution >= 4 is 54.5 Å². The van der Waals surface area contributed by atoms with Gasteiger partial charge in [-0.25, -0.2) is 4.98 Å². The lowest BCUT2D eigenvalue weighted by molar-refractivity contribution is 0.669. The Morgan fingerprint density at radius 3 is 2.02 bits per heavy atom. The Balaban J connectivity index is 1.26. The zero-order chi connectivity index (χ0) is 30.1. The van der Waals surface area contributed by atoms with Crippen molar-refractivity contribution in [1.82, 2.24) is 9.55 Å². The Morgan fingerprint density at radius 2 is 1.22 bits per heavy atom. The molecular weight excluding hydrogens is 548 g/mol. The standard InChI is InChI=1S/C42H30N2O/c1-26(2)34-22-30(27-10-4-3-5-11-27)16-18-38(34)44-39-15-9-8-14-37(39)43-42(44)31-17-19-40-35(23-31)36-24-32-20-28-12-6-7-13-29(28)21-33(32)25-41(36)45-40/h3-26H,1-2H3. The molecular formula is C42H30N2O. The third-order valence-corrected chi connectivity index (χ3v) is 9.11. The normalized spacial score (nSPS) is 12.0. The largest absolute Gasteiger partial charge is 0.456 e. The van der Waals surface area contributed by atoms with E-state index in [4.69, 9.17) is 9.40 Å². The monoisotopic (exact) mass is 578 g/mol. The van der Waals surface area contributed by atoms with E-state index in [1.807, 2.05) is 0 Å². The quantitative estimate of drug-likeness (QED) is 0.195. The minimum Gasteiger partial charge on any atom is -0.456 e. The molecule has 0 aliphatic rings. The number of furan rings is 1. The fourth-order valence-corrected chi connectivity index (χ4v) is 6.85. The summed E-state index contributed by atoms with van der Waals surface area (Å²) in [6, 6.07) is 49.9. The van der Waals surface area contributed by atoms with Gasteiger partial charge < -0.3 is 4.42 Å². The molecule has 0 atom stereocenters. The smallest absolute Gasteiger partial charge is 0.145 e. The highest BCUT2D eigenvalue weighted by atomic mass is 16.3. The van der Waals surface area contributed by atoms with Crippen molar-refractivity contribution in [3.05, 3.63) is 145 Å². The van der Waals surface area contributed by atoms with Gasteiger partial charge in [0.15, 0.2) is 0 Å². The number of nitrogens with zero attached hydrogens (tertiary/aromatic N) is 2. The molecule has 3 heteroatoms. The fraction of sp³-hybridized carbons (Fsp3) is 0.0714. The van der Waals surface area contributed by atoms with Crippen molar-refractivity contribution in [2.45, 2.75) is 19.8 Å². The van der Waals surface area contributed by atoms with E-state index in [1.165, 1.54) is 38.2 Å². The third kappa shape index (κ3) is 4.16. The Bertz CT molecular complexity index is 2570. The van der Waals surface area contributed by atoms with Crippen LogP contribution in [0.1, 0.15) is 25.3 Å². The second-order valence-electron chi connectivity index (χ2n) is 12.3.